The zero-order chi connectivity index (χ0) is 15.7. The van der Waals surface area contributed by atoms with E-state index < -0.39 is 4.92 Å². The van der Waals surface area contributed by atoms with E-state index in [1.54, 1.807) is 33.0 Å². The fraction of sp³-hybridized carbons (Fsp3) is 0.231. The highest BCUT2D eigenvalue weighted by Crippen LogP contribution is 2.36. The number of aromatic nitrogens is 2. The van der Waals surface area contributed by atoms with Crippen LogP contribution in [0.5, 0.6) is 11.6 Å². The van der Waals surface area contributed by atoms with Gasteiger partial charge in [0, 0.05) is 13.1 Å². The molecule has 0 fully saturated rings. The first-order valence-corrected chi connectivity index (χ1v) is 6.12. The Hall–Kier alpha value is -2.90. The smallest absolute Gasteiger partial charge is 0.311 e. The monoisotopic (exact) mass is 289 g/mol. The van der Waals surface area contributed by atoms with Gasteiger partial charge in [-0.1, -0.05) is 12.1 Å². The summed E-state index contributed by atoms with van der Waals surface area (Å²) in [6, 6.07) is 4.65. The highest BCUT2D eigenvalue weighted by Gasteiger charge is 2.23. The number of hydrogen-bond acceptors (Lipinski definition) is 5. The van der Waals surface area contributed by atoms with Gasteiger partial charge >= 0.3 is 5.69 Å². The predicted molar refractivity (Wildman–Crippen MR) is 76.9 cm³/mol. The number of nitro groups is 1. The minimum absolute atomic E-state index is 0.119. The highest BCUT2D eigenvalue weighted by molar-refractivity contribution is 5.98. The molecule has 1 heterocycles. The quantitative estimate of drug-likeness (QED) is 0.386. The SMILES string of the molecule is Cc1cccc([N+](=O)[O-])c1Oc1c(C(=N)N)c(C)nn1C. The van der Waals surface area contributed by atoms with Gasteiger partial charge in [0.15, 0.2) is 0 Å². The first-order valence-electron chi connectivity index (χ1n) is 6.12. The van der Waals surface area contributed by atoms with Crippen LogP contribution in [0.15, 0.2) is 18.2 Å². The molecule has 0 aliphatic carbocycles. The third-order valence-corrected chi connectivity index (χ3v) is 3.03. The fourth-order valence-electron chi connectivity index (χ4n) is 2.07. The second-order valence-corrected chi connectivity index (χ2v) is 4.59. The van der Waals surface area contributed by atoms with Gasteiger partial charge in [-0.3, -0.25) is 15.5 Å². The second kappa shape index (κ2) is 5.23. The Balaban J connectivity index is 2.59. The predicted octanol–water partition coefficient (Wildman–Crippen LogP) is 2.02. The minimum atomic E-state index is -0.515. The second-order valence-electron chi connectivity index (χ2n) is 4.59. The Morgan fingerprint density at radius 2 is 2.14 bits per heavy atom. The van der Waals surface area contributed by atoms with E-state index in [4.69, 9.17) is 15.9 Å². The number of para-hydroxylation sites is 1. The fourth-order valence-corrected chi connectivity index (χ4v) is 2.07. The summed E-state index contributed by atoms with van der Waals surface area (Å²) in [5.74, 6) is 0.122. The lowest BCUT2D eigenvalue weighted by atomic mass is 10.2. The molecule has 0 unspecified atom stereocenters. The average Bonchev–Trinajstić information content (AvgIpc) is 2.66. The number of benzene rings is 1. The summed E-state index contributed by atoms with van der Waals surface area (Å²) in [4.78, 5) is 10.6. The molecule has 8 nitrogen and oxygen atoms in total. The number of aryl methyl sites for hydroxylation is 3. The van der Waals surface area contributed by atoms with E-state index in [1.807, 2.05) is 0 Å². The molecular weight excluding hydrogens is 274 g/mol. The van der Waals surface area contributed by atoms with Gasteiger partial charge in [0.25, 0.3) is 0 Å². The lowest BCUT2D eigenvalue weighted by Gasteiger charge is -2.10. The molecule has 0 amide bonds. The molecule has 3 N–H and O–H groups in total. The van der Waals surface area contributed by atoms with Crippen molar-refractivity contribution < 1.29 is 9.66 Å². The van der Waals surface area contributed by atoms with Crippen molar-refractivity contribution in [3.8, 4) is 11.6 Å². The van der Waals surface area contributed by atoms with Crippen molar-refractivity contribution in [2.75, 3.05) is 0 Å². The molecule has 0 spiro atoms. The summed E-state index contributed by atoms with van der Waals surface area (Å²) in [5.41, 5.74) is 6.85. The van der Waals surface area contributed by atoms with Crippen LogP contribution in [0.1, 0.15) is 16.8 Å². The van der Waals surface area contributed by atoms with Crippen LogP contribution >= 0.6 is 0 Å². The maximum absolute atomic E-state index is 11.1. The summed E-state index contributed by atoms with van der Waals surface area (Å²) in [7, 11) is 1.62. The van der Waals surface area contributed by atoms with Crippen LogP contribution in [-0.2, 0) is 7.05 Å². The third kappa shape index (κ3) is 2.55. The van der Waals surface area contributed by atoms with Crippen LogP contribution in [0.2, 0.25) is 0 Å². The number of amidine groups is 1. The average molecular weight is 289 g/mol. The summed E-state index contributed by atoms with van der Waals surface area (Å²) < 4.78 is 7.09. The third-order valence-electron chi connectivity index (χ3n) is 3.03. The van der Waals surface area contributed by atoms with Crippen LogP contribution in [0.4, 0.5) is 5.69 Å². The van der Waals surface area contributed by atoms with Gasteiger partial charge in [-0.2, -0.15) is 5.10 Å². The number of rotatable bonds is 4. The van der Waals surface area contributed by atoms with Gasteiger partial charge < -0.3 is 10.5 Å². The van der Waals surface area contributed by atoms with E-state index in [1.165, 1.54) is 10.7 Å². The maximum Gasteiger partial charge on any atom is 0.311 e. The molecule has 0 saturated heterocycles. The molecule has 0 aliphatic heterocycles. The van der Waals surface area contributed by atoms with Gasteiger partial charge in [-0.05, 0) is 19.4 Å². The Kier molecular flexibility index (Phi) is 3.62. The van der Waals surface area contributed by atoms with Crippen LogP contribution in [-0.4, -0.2) is 20.5 Å². The molecule has 1 aromatic heterocycles. The van der Waals surface area contributed by atoms with Crippen LogP contribution < -0.4 is 10.5 Å². The maximum atomic E-state index is 11.1. The van der Waals surface area contributed by atoms with Crippen molar-refractivity contribution in [1.29, 1.82) is 5.41 Å². The summed E-state index contributed by atoms with van der Waals surface area (Å²) in [5, 5.41) is 22.8. The Morgan fingerprint density at radius 3 is 2.71 bits per heavy atom. The highest BCUT2D eigenvalue weighted by atomic mass is 16.6. The lowest BCUT2D eigenvalue weighted by molar-refractivity contribution is -0.385. The number of nitrogens with two attached hydrogens (primary N) is 1. The first-order chi connectivity index (χ1) is 9.82. The van der Waals surface area contributed by atoms with Crippen LogP contribution in [0.3, 0.4) is 0 Å². The molecule has 0 bridgehead atoms. The largest absolute Gasteiger partial charge is 0.431 e. The molecule has 0 aliphatic rings. The molecular formula is C13H15N5O3. The van der Waals surface area contributed by atoms with Crippen molar-refractivity contribution in [3.05, 3.63) is 45.1 Å². The van der Waals surface area contributed by atoms with Crippen molar-refractivity contribution in [2.24, 2.45) is 12.8 Å². The van der Waals surface area contributed by atoms with Crippen molar-refractivity contribution in [2.45, 2.75) is 13.8 Å². The summed E-state index contributed by atoms with van der Waals surface area (Å²) in [6.45, 7) is 3.40. The van der Waals surface area contributed by atoms with Crippen molar-refractivity contribution >= 4 is 11.5 Å². The van der Waals surface area contributed by atoms with E-state index in [9.17, 15) is 10.1 Å². The topological polar surface area (TPSA) is 120 Å². The van der Waals surface area contributed by atoms with Crippen LogP contribution in [0.25, 0.3) is 0 Å². The Morgan fingerprint density at radius 1 is 1.48 bits per heavy atom. The number of nitrogens with zero attached hydrogens (tertiary/aromatic N) is 3. The number of nitrogen functional groups attached to an aromatic ring is 1. The van der Waals surface area contributed by atoms with E-state index in [-0.39, 0.29) is 23.2 Å². The zero-order valence-electron chi connectivity index (χ0n) is 11.9. The number of ether oxygens (including phenoxy) is 1. The van der Waals surface area contributed by atoms with Gasteiger partial charge in [0.05, 0.1) is 10.6 Å². The van der Waals surface area contributed by atoms with Gasteiger partial charge in [-0.25, -0.2) is 4.68 Å². The van der Waals surface area contributed by atoms with E-state index in [2.05, 4.69) is 5.10 Å². The minimum Gasteiger partial charge on any atom is -0.431 e. The molecule has 0 atom stereocenters. The molecule has 0 radical (unpaired) electrons. The normalized spacial score (nSPS) is 10.4. The standard InChI is InChI=1S/C13H15N5O3/c1-7-5-4-6-9(18(19)20)11(7)21-13-10(12(14)15)8(2)16-17(13)3/h4-6H,1-3H3,(H3,14,15). The molecule has 8 heteroatoms. The van der Waals surface area contributed by atoms with Crippen molar-refractivity contribution in [3.63, 3.8) is 0 Å². The van der Waals surface area contributed by atoms with Gasteiger partial charge in [-0.15, -0.1) is 0 Å². The molecule has 2 rings (SSSR count). The first kappa shape index (κ1) is 14.5. The lowest BCUT2D eigenvalue weighted by Crippen LogP contribution is -2.13. The number of hydrogen-bond donors (Lipinski definition) is 2. The zero-order valence-corrected chi connectivity index (χ0v) is 11.9. The molecule has 21 heavy (non-hydrogen) atoms. The summed E-state index contributed by atoms with van der Waals surface area (Å²) >= 11 is 0. The van der Waals surface area contributed by atoms with E-state index in [0.29, 0.717) is 16.8 Å². The van der Waals surface area contributed by atoms with Crippen molar-refractivity contribution in [1.82, 2.24) is 9.78 Å². The van der Waals surface area contributed by atoms with Gasteiger partial charge in [0.1, 0.15) is 11.4 Å². The van der Waals surface area contributed by atoms with Gasteiger partial charge in [0.2, 0.25) is 11.6 Å². The molecule has 1 aromatic carbocycles. The Labute approximate surface area is 120 Å². The number of nitrogens with one attached hydrogen (secondary N) is 1. The van der Waals surface area contributed by atoms with Crippen LogP contribution in [0, 0.1) is 29.4 Å². The molecule has 0 saturated carbocycles. The van der Waals surface area contributed by atoms with E-state index in [0.717, 1.165) is 0 Å². The summed E-state index contributed by atoms with van der Waals surface area (Å²) in [6.07, 6.45) is 0. The van der Waals surface area contributed by atoms with E-state index >= 15 is 0 Å². The molecule has 110 valence electrons. The molecule has 2 aromatic rings. The number of nitro benzene ring substituents is 1. The Bertz CT molecular complexity index is 736.